The first-order valence-electron chi connectivity index (χ1n) is 6.24. The Morgan fingerprint density at radius 2 is 1.90 bits per heavy atom. The predicted octanol–water partition coefficient (Wildman–Crippen LogP) is 2.81. The highest BCUT2D eigenvalue weighted by Crippen LogP contribution is 2.43. The molecule has 0 radical (unpaired) electrons. The second-order valence-corrected chi connectivity index (χ2v) is 5.25. The molecular formula is C12H16F6N2O. The Labute approximate surface area is 117 Å². The first-order valence-corrected chi connectivity index (χ1v) is 6.24. The van der Waals surface area contributed by atoms with Crippen LogP contribution in [0.25, 0.3) is 0 Å². The van der Waals surface area contributed by atoms with Crippen LogP contribution in [0, 0.1) is 11.3 Å². The van der Waals surface area contributed by atoms with Crippen LogP contribution in [0.4, 0.5) is 26.3 Å². The summed E-state index contributed by atoms with van der Waals surface area (Å²) in [5, 5.41) is 18.3. The lowest BCUT2D eigenvalue weighted by Crippen LogP contribution is -2.40. The van der Waals surface area contributed by atoms with Crippen LogP contribution in [0.15, 0.2) is 11.3 Å². The zero-order valence-electron chi connectivity index (χ0n) is 11.4. The average Bonchev–Trinajstić information content (AvgIpc) is 2.48. The Bertz CT molecular complexity index is 444. The van der Waals surface area contributed by atoms with Crippen LogP contribution in [0.2, 0.25) is 0 Å². The molecule has 0 aromatic carbocycles. The summed E-state index contributed by atoms with van der Waals surface area (Å²) in [7, 11) is 0. The van der Waals surface area contributed by atoms with E-state index in [0.717, 1.165) is 0 Å². The Kier molecular flexibility index (Phi) is 4.97. The SMILES string of the molecule is CC(C)CCNC1=C(C(=N)C(F)(F)F)[C@H](O)C(F)(F)[C@@H]1F. The molecule has 0 amide bonds. The van der Waals surface area contributed by atoms with E-state index in [4.69, 9.17) is 5.41 Å². The molecule has 0 saturated heterocycles. The van der Waals surface area contributed by atoms with Gasteiger partial charge in [0.2, 0.25) is 6.17 Å². The van der Waals surface area contributed by atoms with Gasteiger partial charge in [0.25, 0.3) is 0 Å². The Hall–Kier alpha value is -1.25. The number of nitrogens with one attached hydrogen (secondary N) is 2. The molecule has 1 aliphatic rings. The number of aliphatic hydroxyl groups excluding tert-OH is 1. The molecule has 0 spiro atoms. The molecule has 0 saturated carbocycles. The van der Waals surface area contributed by atoms with Crippen molar-refractivity contribution in [3.05, 3.63) is 11.3 Å². The lowest BCUT2D eigenvalue weighted by atomic mass is 10.1. The fourth-order valence-electron chi connectivity index (χ4n) is 1.91. The van der Waals surface area contributed by atoms with Crippen LogP contribution in [0.1, 0.15) is 20.3 Å². The smallest absolute Gasteiger partial charge is 0.385 e. The largest absolute Gasteiger partial charge is 0.433 e. The van der Waals surface area contributed by atoms with E-state index < -0.39 is 41.4 Å². The number of aliphatic hydroxyl groups is 1. The quantitative estimate of drug-likeness (QED) is 0.539. The van der Waals surface area contributed by atoms with Crippen molar-refractivity contribution in [2.24, 2.45) is 5.92 Å². The van der Waals surface area contributed by atoms with Crippen LogP contribution in [0.5, 0.6) is 0 Å². The van der Waals surface area contributed by atoms with Gasteiger partial charge in [0.15, 0.2) is 0 Å². The standard InChI is InChI=1S/C12H16F6N2O/c1-5(2)3-4-20-7-6(9(19)12(16,17)18)10(21)11(14,15)8(7)13/h5,8,10,19-21H,3-4H2,1-2H3/t8-,10+/m1/s1. The highest BCUT2D eigenvalue weighted by atomic mass is 19.4. The van der Waals surface area contributed by atoms with E-state index in [1.165, 1.54) is 0 Å². The third kappa shape index (κ3) is 3.50. The number of alkyl halides is 6. The van der Waals surface area contributed by atoms with Crippen LogP contribution in [0.3, 0.4) is 0 Å². The zero-order valence-corrected chi connectivity index (χ0v) is 11.4. The molecule has 0 aromatic heterocycles. The topological polar surface area (TPSA) is 56.1 Å². The van der Waals surface area contributed by atoms with Gasteiger partial charge in [-0.2, -0.15) is 22.0 Å². The fraction of sp³-hybridized carbons (Fsp3) is 0.750. The first-order chi connectivity index (χ1) is 9.40. The summed E-state index contributed by atoms with van der Waals surface area (Å²) in [5.74, 6) is -4.28. The first kappa shape index (κ1) is 17.8. The van der Waals surface area contributed by atoms with Crippen LogP contribution in [-0.2, 0) is 0 Å². The number of allylic oxidation sites excluding steroid dienone is 1. The summed E-state index contributed by atoms with van der Waals surface area (Å²) in [6, 6.07) is 0. The predicted molar refractivity (Wildman–Crippen MR) is 64.1 cm³/mol. The number of hydrogen-bond acceptors (Lipinski definition) is 3. The van der Waals surface area contributed by atoms with Crippen molar-refractivity contribution in [3.8, 4) is 0 Å². The summed E-state index contributed by atoms with van der Waals surface area (Å²) >= 11 is 0. The van der Waals surface area contributed by atoms with Gasteiger partial charge in [-0.15, -0.1) is 0 Å². The average molecular weight is 318 g/mol. The van der Waals surface area contributed by atoms with Gasteiger partial charge in [-0.1, -0.05) is 13.8 Å². The highest BCUT2D eigenvalue weighted by molar-refractivity contribution is 6.04. The summed E-state index contributed by atoms with van der Waals surface area (Å²) < 4.78 is 78.0. The van der Waals surface area contributed by atoms with Gasteiger partial charge >= 0.3 is 12.1 Å². The van der Waals surface area contributed by atoms with Crippen LogP contribution >= 0.6 is 0 Å². The molecule has 0 unspecified atom stereocenters. The lowest BCUT2D eigenvalue weighted by Gasteiger charge is -2.18. The Morgan fingerprint density at radius 1 is 1.38 bits per heavy atom. The van der Waals surface area contributed by atoms with Crippen LogP contribution < -0.4 is 5.32 Å². The molecule has 0 heterocycles. The second kappa shape index (κ2) is 5.86. The second-order valence-electron chi connectivity index (χ2n) is 5.25. The summed E-state index contributed by atoms with van der Waals surface area (Å²) in [6.45, 7) is 3.55. The van der Waals surface area contributed by atoms with Crippen molar-refractivity contribution in [1.82, 2.24) is 5.32 Å². The van der Waals surface area contributed by atoms with Crippen molar-refractivity contribution in [2.75, 3.05) is 6.54 Å². The van der Waals surface area contributed by atoms with E-state index in [1.54, 1.807) is 13.8 Å². The lowest BCUT2D eigenvalue weighted by molar-refractivity contribution is -0.117. The van der Waals surface area contributed by atoms with Gasteiger partial charge in [-0.3, -0.25) is 5.41 Å². The van der Waals surface area contributed by atoms with Gasteiger partial charge in [-0.25, -0.2) is 4.39 Å². The molecule has 0 fully saturated rings. The van der Waals surface area contributed by atoms with Gasteiger partial charge < -0.3 is 10.4 Å². The molecule has 3 N–H and O–H groups in total. The third-order valence-electron chi connectivity index (χ3n) is 3.11. The van der Waals surface area contributed by atoms with Gasteiger partial charge in [0.05, 0.1) is 5.70 Å². The van der Waals surface area contributed by atoms with Crippen molar-refractivity contribution in [2.45, 2.75) is 44.6 Å². The van der Waals surface area contributed by atoms with Gasteiger partial charge in [0.1, 0.15) is 11.8 Å². The molecule has 1 rings (SSSR count). The van der Waals surface area contributed by atoms with Crippen LogP contribution in [-0.4, -0.2) is 41.7 Å². The van der Waals surface area contributed by atoms with E-state index in [2.05, 4.69) is 5.32 Å². The molecule has 0 aliphatic heterocycles. The number of halogens is 6. The number of hydrogen-bond donors (Lipinski definition) is 3. The minimum Gasteiger partial charge on any atom is -0.385 e. The maximum atomic E-state index is 13.6. The normalized spacial score (nSPS) is 25.6. The summed E-state index contributed by atoms with van der Waals surface area (Å²) in [6.07, 6.45) is -10.9. The molecule has 1 aliphatic carbocycles. The van der Waals surface area contributed by atoms with Crippen molar-refractivity contribution < 1.29 is 31.4 Å². The van der Waals surface area contributed by atoms with E-state index in [9.17, 15) is 31.4 Å². The maximum absolute atomic E-state index is 13.6. The Morgan fingerprint density at radius 3 is 2.33 bits per heavy atom. The highest BCUT2D eigenvalue weighted by Gasteiger charge is 2.60. The molecule has 0 bridgehead atoms. The fourth-order valence-corrected chi connectivity index (χ4v) is 1.91. The monoisotopic (exact) mass is 318 g/mol. The minimum atomic E-state index is -5.25. The molecule has 2 atom stereocenters. The molecule has 21 heavy (non-hydrogen) atoms. The molecular weight excluding hydrogens is 302 g/mol. The third-order valence-corrected chi connectivity index (χ3v) is 3.11. The van der Waals surface area contributed by atoms with Gasteiger partial charge in [0, 0.05) is 12.1 Å². The minimum absolute atomic E-state index is 0.0368. The zero-order chi connectivity index (χ0) is 16.6. The Balaban J connectivity index is 3.12. The van der Waals surface area contributed by atoms with E-state index in [0.29, 0.717) is 6.42 Å². The van der Waals surface area contributed by atoms with Crippen molar-refractivity contribution in [3.63, 3.8) is 0 Å². The molecule has 3 nitrogen and oxygen atoms in total. The van der Waals surface area contributed by atoms with Crippen molar-refractivity contribution in [1.29, 1.82) is 5.41 Å². The molecule has 9 heteroatoms. The summed E-state index contributed by atoms with van der Waals surface area (Å²) in [4.78, 5) is 0. The number of rotatable bonds is 5. The van der Waals surface area contributed by atoms with E-state index in [-0.39, 0.29) is 12.5 Å². The van der Waals surface area contributed by atoms with E-state index in [1.807, 2.05) is 0 Å². The molecule has 122 valence electrons. The van der Waals surface area contributed by atoms with Crippen molar-refractivity contribution >= 4 is 5.71 Å². The molecule has 0 aromatic rings. The van der Waals surface area contributed by atoms with Gasteiger partial charge in [-0.05, 0) is 12.3 Å². The summed E-state index contributed by atoms with van der Waals surface area (Å²) in [5.41, 5.74) is -4.65. The van der Waals surface area contributed by atoms with E-state index >= 15 is 0 Å². The maximum Gasteiger partial charge on any atom is 0.433 e.